The molecule has 2 rings (SSSR count). The van der Waals surface area contributed by atoms with Gasteiger partial charge >= 0.3 is 0 Å². The van der Waals surface area contributed by atoms with Crippen LogP contribution >= 0.6 is 0 Å². The second-order valence-electron chi connectivity index (χ2n) is 4.44. The van der Waals surface area contributed by atoms with Gasteiger partial charge in [0.2, 0.25) is 0 Å². The van der Waals surface area contributed by atoms with Gasteiger partial charge in [-0.25, -0.2) is 0 Å². The van der Waals surface area contributed by atoms with Gasteiger partial charge in [0.25, 0.3) is 0 Å². The SMILES string of the molecule is NCC1(C2CCNCC2)CCC1. The zero-order chi connectivity index (χ0) is 8.44. The quantitative estimate of drug-likeness (QED) is 0.648. The molecular formula is C10H20N2. The maximum Gasteiger partial charge on any atom is -0.00179 e. The van der Waals surface area contributed by atoms with Crippen LogP contribution in [-0.4, -0.2) is 19.6 Å². The zero-order valence-corrected chi connectivity index (χ0v) is 7.81. The molecule has 0 unspecified atom stereocenters. The van der Waals surface area contributed by atoms with E-state index >= 15 is 0 Å². The molecule has 0 aromatic heterocycles. The van der Waals surface area contributed by atoms with Crippen LogP contribution in [0.2, 0.25) is 0 Å². The van der Waals surface area contributed by atoms with Crippen molar-refractivity contribution in [1.29, 1.82) is 0 Å². The molecule has 12 heavy (non-hydrogen) atoms. The first-order chi connectivity index (χ1) is 5.87. The van der Waals surface area contributed by atoms with Crippen molar-refractivity contribution < 1.29 is 0 Å². The Morgan fingerprint density at radius 3 is 2.33 bits per heavy atom. The fourth-order valence-corrected chi connectivity index (χ4v) is 2.84. The fourth-order valence-electron chi connectivity index (χ4n) is 2.84. The Balaban J connectivity index is 1.95. The Labute approximate surface area is 74.9 Å². The molecular weight excluding hydrogens is 148 g/mol. The molecule has 1 aliphatic carbocycles. The third-order valence-electron chi connectivity index (χ3n) is 3.96. The molecule has 1 aliphatic heterocycles. The molecule has 0 amide bonds. The summed E-state index contributed by atoms with van der Waals surface area (Å²) in [6, 6.07) is 0. The average Bonchev–Trinajstić information content (AvgIpc) is 2.05. The van der Waals surface area contributed by atoms with Crippen molar-refractivity contribution >= 4 is 0 Å². The van der Waals surface area contributed by atoms with Gasteiger partial charge in [0.05, 0.1) is 0 Å². The van der Waals surface area contributed by atoms with E-state index in [4.69, 9.17) is 5.73 Å². The van der Waals surface area contributed by atoms with Gasteiger partial charge < -0.3 is 11.1 Å². The lowest BCUT2D eigenvalue weighted by atomic mass is 9.59. The van der Waals surface area contributed by atoms with Gasteiger partial charge in [0.15, 0.2) is 0 Å². The van der Waals surface area contributed by atoms with E-state index in [1.165, 1.54) is 45.2 Å². The van der Waals surface area contributed by atoms with Crippen LogP contribution in [0.25, 0.3) is 0 Å². The van der Waals surface area contributed by atoms with Crippen molar-refractivity contribution in [3.8, 4) is 0 Å². The standard InChI is InChI=1S/C10H20N2/c11-8-10(4-1-5-10)9-2-6-12-7-3-9/h9,12H,1-8,11H2. The highest BCUT2D eigenvalue weighted by atomic mass is 14.9. The van der Waals surface area contributed by atoms with Crippen molar-refractivity contribution in [2.24, 2.45) is 17.1 Å². The molecule has 0 radical (unpaired) electrons. The lowest BCUT2D eigenvalue weighted by Gasteiger charge is -2.49. The van der Waals surface area contributed by atoms with Gasteiger partial charge in [-0.05, 0) is 56.7 Å². The molecule has 0 spiro atoms. The van der Waals surface area contributed by atoms with Gasteiger partial charge in [-0.15, -0.1) is 0 Å². The minimum atomic E-state index is 0.572. The van der Waals surface area contributed by atoms with Crippen molar-refractivity contribution in [2.45, 2.75) is 32.1 Å². The molecule has 1 saturated carbocycles. The Kier molecular flexibility index (Phi) is 2.37. The smallest absolute Gasteiger partial charge is 0.00179 e. The summed E-state index contributed by atoms with van der Waals surface area (Å²) in [4.78, 5) is 0. The molecule has 2 heteroatoms. The largest absolute Gasteiger partial charge is 0.330 e. The summed E-state index contributed by atoms with van der Waals surface area (Å²) in [6.07, 6.45) is 6.93. The third kappa shape index (κ3) is 1.27. The van der Waals surface area contributed by atoms with Gasteiger partial charge in [-0.2, -0.15) is 0 Å². The third-order valence-corrected chi connectivity index (χ3v) is 3.96. The van der Waals surface area contributed by atoms with Crippen molar-refractivity contribution in [3.63, 3.8) is 0 Å². The predicted molar refractivity (Wildman–Crippen MR) is 50.9 cm³/mol. The summed E-state index contributed by atoms with van der Waals surface area (Å²) in [7, 11) is 0. The Morgan fingerprint density at radius 2 is 1.92 bits per heavy atom. The van der Waals surface area contributed by atoms with Crippen LogP contribution in [0.3, 0.4) is 0 Å². The fraction of sp³-hybridized carbons (Fsp3) is 1.00. The number of nitrogens with two attached hydrogens (primary N) is 1. The first-order valence-electron chi connectivity index (χ1n) is 5.28. The number of hydrogen-bond acceptors (Lipinski definition) is 2. The van der Waals surface area contributed by atoms with E-state index in [0.717, 1.165) is 12.5 Å². The molecule has 70 valence electrons. The average molecular weight is 168 g/mol. The maximum absolute atomic E-state index is 5.88. The first-order valence-corrected chi connectivity index (χ1v) is 5.28. The molecule has 0 atom stereocenters. The van der Waals surface area contributed by atoms with E-state index < -0.39 is 0 Å². The highest BCUT2D eigenvalue weighted by Crippen LogP contribution is 2.49. The number of nitrogens with one attached hydrogen (secondary N) is 1. The lowest BCUT2D eigenvalue weighted by Crippen LogP contribution is -2.47. The molecule has 3 N–H and O–H groups in total. The van der Waals surface area contributed by atoms with E-state index in [1.54, 1.807) is 0 Å². The van der Waals surface area contributed by atoms with E-state index in [1.807, 2.05) is 0 Å². The van der Waals surface area contributed by atoms with Crippen LogP contribution in [0.1, 0.15) is 32.1 Å². The van der Waals surface area contributed by atoms with Crippen LogP contribution in [0.4, 0.5) is 0 Å². The zero-order valence-electron chi connectivity index (χ0n) is 7.81. The van der Waals surface area contributed by atoms with E-state index in [0.29, 0.717) is 5.41 Å². The van der Waals surface area contributed by atoms with Crippen LogP contribution in [0.15, 0.2) is 0 Å². The van der Waals surface area contributed by atoms with Crippen LogP contribution in [0, 0.1) is 11.3 Å². The highest BCUT2D eigenvalue weighted by molar-refractivity contribution is 4.95. The predicted octanol–water partition coefficient (Wildman–Crippen LogP) is 1.11. The molecule has 0 aromatic carbocycles. The van der Waals surface area contributed by atoms with E-state index in [2.05, 4.69) is 5.32 Å². The number of rotatable bonds is 2. The van der Waals surface area contributed by atoms with Crippen LogP contribution < -0.4 is 11.1 Å². The normalized spacial score (nSPS) is 29.8. The first kappa shape index (κ1) is 8.52. The maximum atomic E-state index is 5.88. The summed E-state index contributed by atoms with van der Waals surface area (Å²) in [5, 5.41) is 3.42. The van der Waals surface area contributed by atoms with Gasteiger partial charge in [-0.3, -0.25) is 0 Å². The van der Waals surface area contributed by atoms with Crippen LogP contribution in [0.5, 0.6) is 0 Å². The Bertz CT molecular complexity index is 140. The van der Waals surface area contributed by atoms with E-state index in [-0.39, 0.29) is 0 Å². The summed E-state index contributed by atoms with van der Waals surface area (Å²) in [6.45, 7) is 3.36. The van der Waals surface area contributed by atoms with Gasteiger partial charge in [-0.1, -0.05) is 6.42 Å². The summed E-state index contributed by atoms with van der Waals surface area (Å²) in [5.74, 6) is 0.928. The lowest BCUT2D eigenvalue weighted by molar-refractivity contribution is 0.0394. The second-order valence-corrected chi connectivity index (χ2v) is 4.44. The Hall–Kier alpha value is -0.0800. The molecule has 2 nitrogen and oxygen atoms in total. The molecule has 0 bridgehead atoms. The van der Waals surface area contributed by atoms with Gasteiger partial charge in [0.1, 0.15) is 0 Å². The van der Waals surface area contributed by atoms with Crippen molar-refractivity contribution in [3.05, 3.63) is 0 Å². The monoisotopic (exact) mass is 168 g/mol. The number of piperidine rings is 1. The minimum Gasteiger partial charge on any atom is -0.330 e. The second kappa shape index (κ2) is 3.35. The minimum absolute atomic E-state index is 0.572. The summed E-state index contributed by atoms with van der Waals surface area (Å²) in [5.41, 5.74) is 6.45. The Morgan fingerprint density at radius 1 is 1.25 bits per heavy atom. The summed E-state index contributed by atoms with van der Waals surface area (Å²) < 4.78 is 0. The van der Waals surface area contributed by atoms with Crippen LogP contribution in [-0.2, 0) is 0 Å². The molecule has 1 saturated heterocycles. The highest BCUT2D eigenvalue weighted by Gasteiger charge is 2.42. The topological polar surface area (TPSA) is 38.0 Å². The molecule has 1 heterocycles. The summed E-state index contributed by atoms with van der Waals surface area (Å²) >= 11 is 0. The van der Waals surface area contributed by atoms with Crippen molar-refractivity contribution in [1.82, 2.24) is 5.32 Å². The molecule has 2 aliphatic rings. The number of hydrogen-bond donors (Lipinski definition) is 2. The van der Waals surface area contributed by atoms with Gasteiger partial charge in [0, 0.05) is 0 Å². The molecule has 0 aromatic rings. The van der Waals surface area contributed by atoms with E-state index in [9.17, 15) is 0 Å². The molecule has 2 fully saturated rings. The van der Waals surface area contributed by atoms with Crippen molar-refractivity contribution in [2.75, 3.05) is 19.6 Å².